The summed E-state index contributed by atoms with van der Waals surface area (Å²) in [5, 5.41) is 18.7. The van der Waals surface area contributed by atoms with Gasteiger partial charge in [-0.15, -0.1) is 0 Å². The maximum Gasteiger partial charge on any atom is 0.308 e. The topological polar surface area (TPSA) is 93.0 Å². The molecule has 0 aliphatic heterocycles. The number of nitro benzene ring substituents is 1. The molecule has 1 rings (SSSR count). The molecule has 5 nitrogen and oxygen atoms in total. The van der Waals surface area contributed by atoms with E-state index in [2.05, 4.69) is 0 Å². The maximum absolute atomic E-state index is 13.4. The predicted molar refractivity (Wildman–Crippen MR) is 50.8 cm³/mol. The van der Waals surface area contributed by atoms with Gasteiger partial charge in [0.1, 0.15) is 5.82 Å². The molecule has 1 aromatic carbocycles. The van der Waals surface area contributed by atoms with Crippen molar-refractivity contribution in [3.05, 3.63) is 45.5 Å². The molecule has 0 atom stereocenters. The Hall–Kier alpha value is -2.49. The van der Waals surface area contributed by atoms with Gasteiger partial charge in [0.05, 0.1) is 22.8 Å². The Balaban J connectivity index is 3.48. The molecule has 0 radical (unpaired) electrons. The Labute approximate surface area is 88.6 Å². The molecule has 0 unspecified atom stereocenters. The van der Waals surface area contributed by atoms with Crippen LogP contribution in [-0.2, 0) is 0 Å². The number of hydrogen-bond donors (Lipinski definition) is 1. The molecule has 0 aliphatic carbocycles. The zero-order valence-corrected chi connectivity index (χ0v) is 7.78. The minimum absolute atomic E-state index is 0.373. The van der Waals surface area contributed by atoms with E-state index in [1.807, 2.05) is 0 Å². The molecule has 0 saturated heterocycles. The number of nitrogens with zero attached hydrogens (tertiary/aromatic N) is 2. The number of allylic oxidation sites excluding steroid dienone is 1. The van der Waals surface area contributed by atoms with Crippen molar-refractivity contribution < 1.29 is 13.7 Å². The Morgan fingerprint density at radius 2 is 2.19 bits per heavy atom. The van der Waals surface area contributed by atoms with Gasteiger partial charge < -0.3 is 5.73 Å². The summed E-state index contributed by atoms with van der Waals surface area (Å²) in [4.78, 5) is 9.31. The van der Waals surface area contributed by atoms with Crippen molar-refractivity contribution >= 4 is 11.4 Å². The highest BCUT2D eigenvalue weighted by molar-refractivity contribution is 5.67. The quantitative estimate of drug-likeness (QED) is 0.470. The van der Waals surface area contributed by atoms with Crippen LogP contribution in [0.25, 0.3) is 5.70 Å². The van der Waals surface area contributed by atoms with Crippen LogP contribution in [0.3, 0.4) is 0 Å². The van der Waals surface area contributed by atoms with Crippen LogP contribution in [-0.4, -0.2) is 4.92 Å². The highest BCUT2D eigenvalue weighted by Gasteiger charge is 2.21. The first-order valence-corrected chi connectivity index (χ1v) is 3.96. The molecule has 0 bridgehead atoms. The minimum atomic E-state index is -1.27. The van der Waals surface area contributed by atoms with E-state index in [9.17, 15) is 18.9 Å². The SMILES string of the molecule is N#C/C=C(/N)c1cc(F)cc([N+](=O)[O-])c1F. The van der Waals surface area contributed by atoms with Gasteiger partial charge in [0, 0.05) is 11.6 Å². The van der Waals surface area contributed by atoms with Crippen molar-refractivity contribution in [2.45, 2.75) is 0 Å². The second-order valence-electron chi connectivity index (χ2n) is 2.77. The molecule has 0 amide bonds. The van der Waals surface area contributed by atoms with E-state index in [0.717, 1.165) is 6.08 Å². The molecule has 0 aliphatic rings. The number of nitriles is 1. The molecule has 7 heteroatoms. The van der Waals surface area contributed by atoms with Crippen LogP contribution in [0.15, 0.2) is 18.2 Å². The maximum atomic E-state index is 13.4. The summed E-state index contributed by atoms with van der Waals surface area (Å²) in [5.74, 6) is -2.27. The van der Waals surface area contributed by atoms with E-state index in [0.29, 0.717) is 12.1 Å². The third-order valence-electron chi connectivity index (χ3n) is 1.75. The summed E-state index contributed by atoms with van der Waals surface area (Å²) in [6.07, 6.45) is 0.765. The van der Waals surface area contributed by atoms with Crippen LogP contribution < -0.4 is 5.73 Å². The summed E-state index contributed by atoms with van der Waals surface area (Å²) in [6.45, 7) is 0. The van der Waals surface area contributed by atoms with Crippen LogP contribution >= 0.6 is 0 Å². The van der Waals surface area contributed by atoms with Crippen molar-refractivity contribution in [1.29, 1.82) is 5.26 Å². The fraction of sp³-hybridized carbons (Fsp3) is 0. The first-order chi connectivity index (χ1) is 7.47. The van der Waals surface area contributed by atoms with Gasteiger partial charge in [-0.25, -0.2) is 4.39 Å². The Morgan fingerprint density at radius 3 is 2.69 bits per heavy atom. The molecule has 0 saturated carbocycles. The highest BCUT2D eigenvalue weighted by atomic mass is 19.1. The van der Waals surface area contributed by atoms with E-state index >= 15 is 0 Å². The molecule has 0 heterocycles. The van der Waals surface area contributed by atoms with Crippen LogP contribution in [0, 0.1) is 33.1 Å². The van der Waals surface area contributed by atoms with Gasteiger partial charge in [-0.05, 0) is 6.07 Å². The third-order valence-corrected chi connectivity index (χ3v) is 1.75. The lowest BCUT2D eigenvalue weighted by atomic mass is 10.1. The summed E-state index contributed by atoms with van der Waals surface area (Å²) in [7, 11) is 0. The molecule has 82 valence electrons. The second kappa shape index (κ2) is 4.35. The lowest BCUT2D eigenvalue weighted by Crippen LogP contribution is -2.03. The Kier molecular flexibility index (Phi) is 3.15. The van der Waals surface area contributed by atoms with Gasteiger partial charge in [0.2, 0.25) is 5.82 Å². The molecule has 2 N–H and O–H groups in total. The predicted octanol–water partition coefficient (Wildman–Crippen LogP) is 1.70. The monoisotopic (exact) mass is 225 g/mol. The number of halogens is 2. The van der Waals surface area contributed by atoms with Crippen molar-refractivity contribution in [3.63, 3.8) is 0 Å². The zero-order valence-electron chi connectivity index (χ0n) is 7.78. The average molecular weight is 225 g/mol. The van der Waals surface area contributed by atoms with Crippen molar-refractivity contribution in [1.82, 2.24) is 0 Å². The summed E-state index contributed by atoms with van der Waals surface area (Å²) in [6, 6.07) is 2.64. The van der Waals surface area contributed by atoms with Gasteiger partial charge in [-0.2, -0.15) is 9.65 Å². The largest absolute Gasteiger partial charge is 0.398 e. The number of benzene rings is 1. The molecule has 16 heavy (non-hydrogen) atoms. The van der Waals surface area contributed by atoms with E-state index < -0.39 is 27.8 Å². The van der Waals surface area contributed by atoms with E-state index in [4.69, 9.17) is 11.0 Å². The number of rotatable bonds is 2. The molecule has 0 aromatic heterocycles. The van der Waals surface area contributed by atoms with Crippen molar-refractivity contribution in [3.8, 4) is 6.07 Å². The Bertz CT molecular complexity index is 520. The fourth-order valence-electron chi connectivity index (χ4n) is 1.07. The molecule has 0 fully saturated rings. The minimum Gasteiger partial charge on any atom is -0.398 e. The number of nitro groups is 1. The standard InChI is InChI=1S/C9H5F2N3O2/c10-5-3-6(7(13)1-2-12)9(11)8(4-5)14(15)16/h1,3-4H,13H2/b7-1+. The third kappa shape index (κ3) is 2.12. The van der Waals surface area contributed by atoms with Crippen LogP contribution in [0.1, 0.15) is 5.56 Å². The summed E-state index contributed by atoms with van der Waals surface area (Å²) in [5.41, 5.74) is 3.35. The average Bonchev–Trinajstić information content (AvgIpc) is 2.20. The van der Waals surface area contributed by atoms with Gasteiger partial charge in [0.25, 0.3) is 0 Å². The molecule has 0 spiro atoms. The first-order valence-electron chi connectivity index (χ1n) is 3.96. The first kappa shape index (κ1) is 11.6. The molecular weight excluding hydrogens is 220 g/mol. The van der Waals surface area contributed by atoms with Gasteiger partial charge in [-0.1, -0.05) is 0 Å². The van der Waals surface area contributed by atoms with E-state index in [1.165, 1.54) is 6.07 Å². The van der Waals surface area contributed by atoms with E-state index in [1.54, 1.807) is 0 Å². The fourth-order valence-corrected chi connectivity index (χ4v) is 1.07. The lowest BCUT2D eigenvalue weighted by Gasteiger charge is -2.03. The second-order valence-corrected chi connectivity index (χ2v) is 2.77. The van der Waals surface area contributed by atoms with E-state index in [-0.39, 0.29) is 5.70 Å². The van der Waals surface area contributed by atoms with Crippen molar-refractivity contribution in [2.75, 3.05) is 0 Å². The highest BCUT2D eigenvalue weighted by Crippen LogP contribution is 2.25. The molecule has 1 aromatic rings. The summed E-state index contributed by atoms with van der Waals surface area (Å²) < 4.78 is 26.4. The zero-order chi connectivity index (χ0) is 12.3. The lowest BCUT2D eigenvalue weighted by molar-refractivity contribution is -0.387. The van der Waals surface area contributed by atoms with Crippen LogP contribution in [0.2, 0.25) is 0 Å². The number of hydrogen-bond acceptors (Lipinski definition) is 4. The Morgan fingerprint density at radius 1 is 1.56 bits per heavy atom. The van der Waals surface area contributed by atoms with Gasteiger partial charge >= 0.3 is 5.69 Å². The smallest absolute Gasteiger partial charge is 0.308 e. The molecular formula is C9H5F2N3O2. The van der Waals surface area contributed by atoms with Crippen LogP contribution in [0.5, 0.6) is 0 Å². The van der Waals surface area contributed by atoms with Crippen molar-refractivity contribution in [2.24, 2.45) is 5.73 Å². The summed E-state index contributed by atoms with van der Waals surface area (Å²) >= 11 is 0. The normalized spacial score (nSPS) is 10.9. The number of nitrogens with two attached hydrogens (primary N) is 1. The van der Waals surface area contributed by atoms with Gasteiger partial charge in [-0.3, -0.25) is 10.1 Å². The van der Waals surface area contributed by atoms with Crippen LogP contribution in [0.4, 0.5) is 14.5 Å². The van der Waals surface area contributed by atoms with Gasteiger partial charge in [0.15, 0.2) is 0 Å².